The number of tetrazole rings is 1. The molecule has 0 spiro atoms. The number of nitro groups is 1. The van der Waals surface area contributed by atoms with E-state index in [-0.39, 0.29) is 5.69 Å². The zero-order valence-electron chi connectivity index (χ0n) is 11.8. The SMILES string of the molecule is O=[N+]([O-])c1cccc(/C=N/Nc2nnnn2-c2ccccc2)c1. The van der Waals surface area contributed by atoms with Gasteiger partial charge < -0.3 is 0 Å². The number of hydrazone groups is 1. The minimum absolute atomic E-state index is 0.00284. The van der Waals surface area contributed by atoms with Crippen LogP contribution in [0.2, 0.25) is 0 Å². The van der Waals surface area contributed by atoms with Crippen LogP contribution >= 0.6 is 0 Å². The second-order valence-corrected chi connectivity index (χ2v) is 4.47. The van der Waals surface area contributed by atoms with E-state index >= 15 is 0 Å². The monoisotopic (exact) mass is 309 g/mol. The molecule has 1 heterocycles. The number of aromatic nitrogens is 4. The Kier molecular flexibility index (Phi) is 4.01. The summed E-state index contributed by atoms with van der Waals surface area (Å²) in [7, 11) is 0. The smallest absolute Gasteiger partial charge is 0.258 e. The zero-order valence-corrected chi connectivity index (χ0v) is 11.8. The highest BCUT2D eigenvalue weighted by molar-refractivity contribution is 5.81. The van der Waals surface area contributed by atoms with Crippen molar-refractivity contribution in [2.45, 2.75) is 0 Å². The number of hydrogen-bond acceptors (Lipinski definition) is 7. The van der Waals surface area contributed by atoms with E-state index in [2.05, 4.69) is 26.1 Å². The van der Waals surface area contributed by atoms with Crippen LogP contribution in [0.3, 0.4) is 0 Å². The van der Waals surface area contributed by atoms with E-state index in [1.54, 1.807) is 12.1 Å². The number of non-ortho nitro benzene ring substituents is 1. The van der Waals surface area contributed by atoms with Crippen LogP contribution in [0.4, 0.5) is 11.6 Å². The summed E-state index contributed by atoms with van der Waals surface area (Å²) in [6.45, 7) is 0. The molecule has 9 heteroatoms. The van der Waals surface area contributed by atoms with Gasteiger partial charge in [-0.25, -0.2) is 5.43 Å². The molecule has 0 aliphatic rings. The third-order valence-electron chi connectivity index (χ3n) is 2.93. The summed E-state index contributed by atoms with van der Waals surface area (Å²) in [6, 6.07) is 15.5. The van der Waals surface area contributed by atoms with E-state index in [0.29, 0.717) is 11.5 Å². The van der Waals surface area contributed by atoms with E-state index in [0.717, 1.165) is 5.69 Å². The maximum absolute atomic E-state index is 10.7. The molecule has 0 radical (unpaired) electrons. The third-order valence-corrected chi connectivity index (χ3v) is 2.93. The first-order chi connectivity index (χ1) is 11.2. The number of benzene rings is 2. The maximum Gasteiger partial charge on any atom is 0.270 e. The van der Waals surface area contributed by atoms with Crippen molar-refractivity contribution < 1.29 is 4.92 Å². The summed E-state index contributed by atoms with van der Waals surface area (Å²) in [5.41, 5.74) is 4.09. The van der Waals surface area contributed by atoms with Gasteiger partial charge in [-0.2, -0.15) is 9.78 Å². The highest BCUT2D eigenvalue weighted by Crippen LogP contribution is 2.12. The average molecular weight is 309 g/mol. The zero-order chi connectivity index (χ0) is 16.1. The first-order valence-electron chi connectivity index (χ1n) is 6.61. The fraction of sp³-hybridized carbons (Fsp3) is 0. The lowest BCUT2D eigenvalue weighted by atomic mass is 10.2. The number of nitrogens with zero attached hydrogens (tertiary/aromatic N) is 6. The summed E-state index contributed by atoms with van der Waals surface area (Å²) < 4.78 is 1.49. The summed E-state index contributed by atoms with van der Waals surface area (Å²) in [4.78, 5) is 10.3. The Hall–Kier alpha value is -3.62. The maximum atomic E-state index is 10.7. The molecule has 0 amide bonds. The first kappa shape index (κ1) is 14.3. The molecule has 0 atom stereocenters. The Morgan fingerprint density at radius 1 is 1.17 bits per heavy atom. The van der Waals surface area contributed by atoms with Crippen LogP contribution < -0.4 is 5.43 Å². The van der Waals surface area contributed by atoms with Crippen molar-refractivity contribution in [3.05, 3.63) is 70.3 Å². The number of anilines is 1. The highest BCUT2D eigenvalue weighted by Gasteiger charge is 2.07. The second-order valence-electron chi connectivity index (χ2n) is 4.47. The van der Waals surface area contributed by atoms with Gasteiger partial charge in [0.15, 0.2) is 0 Å². The molecule has 0 saturated heterocycles. The van der Waals surface area contributed by atoms with Gasteiger partial charge in [0.05, 0.1) is 16.8 Å². The molecule has 0 unspecified atom stereocenters. The lowest BCUT2D eigenvalue weighted by Gasteiger charge is -2.02. The van der Waals surface area contributed by atoms with Crippen molar-refractivity contribution in [1.29, 1.82) is 0 Å². The van der Waals surface area contributed by atoms with E-state index in [9.17, 15) is 10.1 Å². The molecule has 3 rings (SSSR count). The molecule has 1 aromatic heterocycles. The van der Waals surface area contributed by atoms with Crippen molar-refractivity contribution >= 4 is 17.9 Å². The molecular weight excluding hydrogens is 298 g/mol. The van der Waals surface area contributed by atoms with Crippen molar-refractivity contribution in [1.82, 2.24) is 20.2 Å². The third kappa shape index (κ3) is 3.35. The van der Waals surface area contributed by atoms with Gasteiger partial charge in [0.25, 0.3) is 11.6 Å². The van der Waals surface area contributed by atoms with Gasteiger partial charge in [0.2, 0.25) is 0 Å². The molecule has 2 aromatic carbocycles. The Labute approximate surface area is 130 Å². The average Bonchev–Trinajstić information content (AvgIpc) is 3.04. The number of hydrogen-bond donors (Lipinski definition) is 1. The largest absolute Gasteiger partial charge is 0.270 e. The molecule has 3 aromatic rings. The Balaban J connectivity index is 1.76. The van der Waals surface area contributed by atoms with Gasteiger partial charge in [-0.1, -0.05) is 35.4 Å². The van der Waals surface area contributed by atoms with Gasteiger partial charge in [-0.15, -0.1) is 0 Å². The van der Waals surface area contributed by atoms with Crippen molar-refractivity contribution in [3.8, 4) is 5.69 Å². The van der Waals surface area contributed by atoms with Crippen LogP contribution in [0.5, 0.6) is 0 Å². The molecule has 0 saturated carbocycles. The fourth-order valence-corrected chi connectivity index (χ4v) is 1.88. The quantitative estimate of drug-likeness (QED) is 0.438. The minimum Gasteiger partial charge on any atom is -0.258 e. The van der Waals surface area contributed by atoms with Gasteiger partial charge in [0, 0.05) is 17.7 Å². The fourth-order valence-electron chi connectivity index (χ4n) is 1.88. The van der Waals surface area contributed by atoms with Crippen LogP contribution in [-0.2, 0) is 0 Å². The highest BCUT2D eigenvalue weighted by atomic mass is 16.6. The lowest BCUT2D eigenvalue weighted by molar-refractivity contribution is -0.384. The molecule has 0 aliphatic heterocycles. The molecule has 0 fully saturated rings. The topological polar surface area (TPSA) is 111 Å². The summed E-state index contributed by atoms with van der Waals surface area (Å²) in [5, 5.41) is 26.1. The number of nitro benzene ring substituents is 1. The van der Waals surface area contributed by atoms with Gasteiger partial charge >= 0.3 is 0 Å². The van der Waals surface area contributed by atoms with Crippen LogP contribution in [0, 0.1) is 10.1 Å². The van der Waals surface area contributed by atoms with E-state index in [1.807, 2.05) is 30.3 Å². The Bertz CT molecular complexity index is 845. The lowest BCUT2D eigenvalue weighted by Crippen LogP contribution is -2.03. The predicted octanol–water partition coefficient (Wildman–Crippen LogP) is 2.02. The molecular formula is C14H11N7O2. The standard InChI is InChI=1S/C14H11N7O2/c22-21(23)13-8-4-5-11(9-13)10-15-16-14-17-18-19-20(14)12-6-2-1-3-7-12/h1-10H,(H,16,17,19)/b15-10+. The minimum atomic E-state index is -0.458. The second kappa shape index (κ2) is 6.43. The molecule has 23 heavy (non-hydrogen) atoms. The first-order valence-corrected chi connectivity index (χ1v) is 6.61. The van der Waals surface area contributed by atoms with Crippen LogP contribution in [0.1, 0.15) is 5.56 Å². The van der Waals surface area contributed by atoms with Crippen molar-refractivity contribution in [2.24, 2.45) is 5.10 Å². The Morgan fingerprint density at radius 3 is 2.78 bits per heavy atom. The summed E-state index contributed by atoms with van der Waals surface area (Å²) >= 11 is 0. The van der Waals surface area contributed by atoms with Gasteiger partial charge in [0.1, 0.15) is 0 Å². The number of para-hydroxylation sites is 1. The summed E-state index contributed by atoms with van der Waals surface area (Å²) in [6.07, 6.45) is 1.46. The van der Waals surface area contributed by atoms with Crippen molar-refractivity contribution in [3.63, 3.8) is 0 Å². The Morgan fingerprint density at radius 2 is 2.00 bits per heavy atom. The molecule has 1 N–H and O–H groups in total. The normalized spacial score (nSPS) is 10.8. The molecule has 114 valence electrons. The predicted molar refractivity (Wildman–Crippen MR) is 83.5 cm³/mol. The molecule has 9 nitrogen and oxygen atoms in total. The van der Waals surface area contributed by atoms with Crippen molar-refractivity contribution in [2.75, 3.05) is 5.43 Å². The van der Waals surface area contributed by atoms with Gasteiger partial charge in [-0.3, -0.25) is 10.1 Å². The van der Waals surface area contributed by atoms with E-state index in [4.69, 9.17) is 0 Å². The molecule has 0 aliphatic carbocycles. The number of rotatable bonds is 5. The number of nitrogens with one attached hydrogen (secondary N) is 1. The summed E-state index contributed by atoms with van der Waals surface area (Å²) in [5.74, 6) is 0.331. The van der Waals surface area contributed by atoms with E-state index < -0.39 is 4.92 Å². The van der Waals surface area contributed by atoms with E-state index in [1.165, 1.54) is 23.0 Å². The van der Waals surface area contributed by atoms with Crippen LogP contribution in [-0.4, -0.2) is 31.3 Å². The van der Waals surface area contributed by atoms with Crippen LogP contribution in [0.15, 0.2) is 59.7 Å². The molecule has 0 bridgehead atoms. The van der Waals surface area contributed by atoms with Gasteiger partial charge in [-0.05, 0) is 22.6 Å². The van der Waals surface area contributed by atoms with Crippen LogP contribution in [0.25, 0.3) is 5.69 Å².